The third-order valence-electron chi connectivity index (χ3n) is 16.2. The summed E-state index contributed by atoms with van der Waals surface area (Å²) in [6.45, 7) is 4.96. The van der Waals surface area contributed by atoms with Crippen LogP contribution in [0.4, 0.5) is 0 Å². The smallest absolute Gasteiger partial charge is 0.305 e. The van der Waals surface area contributed by atoms with Gasteiger partial charge in [-0.2, -0.15) is 0 Å². The van der Waals surface area contributed by atoms with Gasteiger partial charge in [0, 0.05) is 12.8 Å². The summed E-state index contributed by atoms with van der Waals surface area (Å²) in [5.74, 6) is -0.0361. The van der Waals surface area contributed by atoms with E-state index in [-0.39, 0.29) is 18.5 Å². The Morgan fingerprint density at radius 3 is 0.947 bits per heavy atom. The fourth-order valence-corrected chi connectivity index (χ4v) is 10.9. The van der Waals surface area contributed by atoms with Gasteiger partial charge in [-0.25, -0.2) is 0 Å². The van der Waals surface area contributed by atoms with Crippen molar-refractivity contribution < 1.29 is 24.5 Å². The van der Waals surface area contributed by atoms with E-state index in [0.29, 0.717) is 25.9 Å². The van der Waals surface area contributed by atoms with Crippen molar-refractivity contribution in [1.29, 1.82) is 0 Å². The summed E-state index contributed by atoms with van der Waals surface area (Å²) in [6.07, 6.45) is 82.1. The van der Waals surface area contributed by atoms with Gasteiger partial charge in [-0.3, -0.25) is 9.59 Å². The van der Waals surface area contributed by atoms with Crippen molar-refractivity contribution in [3.8, 4) is 0 Å². The Labute approximate surface area is 475 Å². The van der Waals surface area contributed by atoms with Gasteiger partial charge in [0.05, 0.1) is 25.4 Å². The SMILES string of the molecule is CCCCCC/C=C\CCCCCCCC(=O)OCCCCCCCCCCCCC/C=C\CCCCCCCCCC(=O)NC(CO)C(O)CCCCCCCCCCCCCCCCCCCCCCCCCC. The van der Waals surface area contributed by atoms with Crippen molar-refractivity contribution in [2.24, 2.45) is 0 Å². The van der Waals surface area contributed by atoms with Crippen LogP contribution in [0.15, 0.2) is 24.3 Å². The van der Waals surface area contributed by atoms with Gasteiger partial charge in [0.25, 0.3) is 0 Å². The van der Waals surface area contributed by atoms with E-state index in [9.17, 15) is 19.8 Å². The van der Waals surface area contributed by atoms with Crippen LogP contribution < -0.4 is 5.32 Å². The van der Waals surface area contributed by atoms with E-state index in [1.165, 1.54) is 308 Å². The summed E-state index contributed by atoms with van der Waals surface area (Å²) < 4.78 is 5.47. The molecule has 3 N–H and O–H groups in total. The Hall–Kier alpha value is -1.66. The quantitative estimate of drug-likeness (QED) is 0.0320. The minimum absolute atomic E-state index is 0.00154. The van der Waals surface area contributed by atoms with Crippen LogP contribution in [0.1, 0.15) is 386 Å². The number of ether oxygens (including phenoxy) is 1. The van der Waals surface area contributed by atoms with Gasteiger partial charge in [0.15, 0.2) is 0 Å². The minimum Gasteiger partial charge on any atom is -0.466 e. The van der Waals surface area contributed by atoms with Crippen LogP contribution in [-0.2, 0) is 14.3 Å². The minimum atomic E-state index is -0.670. The van der Waals surface area contributed by atoms with Crippen LogP contribution in [-0.4, -0.2) is 47.4 Å². The average Bonchev–Trinajstić information content (AvgIpc) is 3.42. The van der Waals surface area contributed by atoms with Gasteiger partial charge in [-0.1, -0.05) is 321 Å². The van der Waals surface area contributed by atoms with Crippen molar-refractivity contribution in [3.05, 3.63) is 24.3 Å². The number of nitrogens with one attached hydrogen (secondary N) is 1. The van der Waals surface area contributed by atoms with Gasteiger partial charge < -0.3 is 20.3 Å². The number of rotatable bonds is 65. The summed E-state index contributed by atoms with van der Waals surface area (Å²) in [5, 5.41) is 23.4. The first-order chi connectivity index (χ1) is 37.5. The lowest BCUT2D eigenvalue weighted by molar-refractivity contribution is -0.143. The number of carbonyl (C=O) groups excluding carboxylic acids is 2. The largest absolute Gasteiger partial charge is 0.466 e. The first-order valence-electron chi connectivity index (χ1n) is 34.6. The molecule has 2 atom stereocenters. The lowest BCUT2D eigenvalue weighted by Gasteiger charge is -2.22. The zero-order valence-electron chi connectivity index (χ0n) is 51.5. The molecule has 2 unspecified atom stereocenters. The number of carbonyl (C=O) groups is 2. The molecule has 0 saturated heterocycles. The van der Waals surface area contributed by atoms with Crippen LogP contribution >= 0.6 is 0 Å². The molecule has 0 bridgehead atoms. The van der Waals surface area contributed by atoms with Crippen LogP contribution in [0.2, 0.25) is 0 Å². The molecule has 0 radical (unpaired) electrons. The predicted octanol–water partition coefficient (Wildman–Crippen LogP) is 22.1. The molecule has 0 aliphatic carbocycles. The number of esters is 1. The first-order valence-corrected chi connectivity index (χ1v) is 34.6. The van der Waals surface area contributed by atoms with Crippen molar-refractivity contribution in [1.82, 2.24) is 5.32 Å². The number of hydrogen-bond acceptors (Lipinski definition) is 5. The molecule has 0 aliphatic rings. The second kappa shape index (κ2) is 65.9. The summed E-state index contributed by atoms with van der Waals surface area (Å²) in [4.78, 5) is 24.6. The molecular formula is C70H135NO5. The molecular weight excluding hydrogens is 935 g/mol. The number of allylic oxidation sites excluding steroid dienone is 4. The third-order valence-corrected chi connectivity index (χ3v) is 16.2. The predicted molar refractivity (Wildman–Crippen MR) is 333 cm³/mol. The Kier molecular flexibility index (Phi) is 64.4. The molecule has 0 heterocycles. The van der Waals surface area contributed by atoms with Crippen LogP contribution in [0, 0.1) is 0 Å². The lowest BCUT2D eigenvalue weighted by atomic mass is 10.0. The van der Waals surface area contributed by atoms with Gasteiger partial charge in [-0.05, 0) is 77.0 Å². The van der Waals surface area contributed by atoms with E-state index in [2.05, 4.69) is 43.5 Å². The number of unbranched alkanes of at least 4 members (excludes halogenated alkanes) is 50. The molecule has 1 amide bonds. The first kappa shape index (κ1) is 74.3. The second-order valence-electron chi connectivity index (χ2n) is 23.9. The molecule has 0 spiro atoms. The standard InChI is InChI=1S/C70H135NO5/c1-3-5-7-9-11-13-15-17-18-19-20-21-22-23-26-29-32-35-39-42-46-50-54-58-62-68(73)67(66-72)71-69(74)63-59-55-51-47-43-40-36-33-30-27-24-25-28-31-34-37-41-45-49-53-57-61-65-76-70(75)64-60-56-52-48-44-38-16-14-12-10-8-6-4-2/h14,16,27,30,67-68,72-73H,3-13,15,17-26,28-29,31-66H2,1-2H3,(H,71,74)/b16-14-,30-27-. The average molecular weight is 1070 g/mol. The van der Waals surface area contributed by atoms with Gasteiger partial charge in [0.2, 0.25) is 5.91 Å². The number of hydrogen-bond donors (Lipinski definition) is 3. The molecule has 0 fully saturated rings. The van der Waals surface area contributed by atoms with Gasteiger partial charge in [0.1, 0.15) is 0 Å². The molecule has 0 saturated carbocycles. The summed E-state index contributed by atoms with van der Waals surface area (Å²) in [6, 6.07) is -0.548. The van der Waals surface area contributed by atoms with Gasteiger partial charge >= 0.3 is 5.97 Å². The van der Waals surface area contributed by atoms with Crippen LogP contribution in [0.5, 0.6) is 0 Å². The van der Waals surface area contributed by atoms with E-state index in [1.807, 2.05) is 0 Å². The monoisotopic (exact) mass is 1070 g/mol. The second-order valence-corrected chi connectivity index (χ2v) is 23.9. The summed E-state index contributed by atoms with van der Waals surface area (Å²) >= 11 is 0. The summed E-state index contributed by atoms with van der Waals surface area (Å²) in [5.41, 5.74) is 0. The van der Waals surface area contributed by atoms with Crippen molar-refractivity contribution in [2.75, 3.05) is 13.2 Å². The normalized spacial score (nSPS) is 12.6. The van der Waals surface area contributed by atoms with Crippen LogP contribution in [0.25, 0.3) is 0 Å². The Bertz CT molecular complexity index is 1190. The van der Waals surface area contributed by atoms with E-state index >= 15 is 0 Å². The maximum Gasteiger partial charge on any atom is 0.305 e. The zero-order chi connectivity index (χ0) is 55.0. The molecule has 6 heteroatoms. The van der Waals surface area contributed by atoms with E-state index < -0.39 is 12.1 Å². The fraction of sp³-hybridized carbons (Fsp3) is 0.914. The number of aliphatic hydroxyl groups is 2. The van der Waals surface area contributed by atoms with E-state index in [0.717, 1.165) is 44.9 Å². The highest BCUT2D eigenvalue weighted by Gasteiger charge is 2.20. The van der Waals surface area contributed by atoms with E-state index in [1.54, 1.807) is 0 Å². The Balaban J connectivity index is 3.42. The molecule has 0 rings (SSSR count). The van der Waals surface area contributed by atoms with Gasteiger partial charge in [-0.15, -0.1) is 0 Å². The highest BCUT2D eigenvalue weighted by molar-refractivity contribution is 5.76. The lowest BCUT2D eigenvalue weighted by Crippen LogP contribution is -2.45. The number of aliphatic hydroxyl groups excluding tert-OH is 2. The van der Waals surface area contributed by atoms with Crippen molar-refractivity contribution in [3.63, 3.8) is 0 Å². The Morgan fingerprint density at radius 1 is 0.355 bits per heavy atom. The molecule has 450 valence electrons. The molecule has 76 heavy (non-hydrogen) atoms. The molecule has 0 aliphatic heterocycles. The molecule has 0 aromatic rings. The molecule has 6 nitrogen and oxygen atoms in total. The topological polar surface area (TPSA) is 95.9 Å². The van der Waals surface area contributed by atoms with Crippen molar-refractivity contribution >= 4 is 11.9 Å². The zero-order valence-corrected chi connectivity index (χ0v) is 51.5. The van der Waals surface area contributed by atoms with Crippen LogP contribution in [0.3, 0.4) is 0 Å². The third kappa shape index (κ3) is 61.6. The highest BCUT2D eigenvalue weighted by Crippen LogP contribution is 2.19. The van der Waals surface area contributed by atoms with Crippen molar-refractivity contribution in [2.45, 2.75) is 398 Å². The fourth-order valence-electron chi connectivity index (χ4n) is 10.9. The maximum atomic E-state index is 12.5. The highest BCUT2D eigenvalue weighted by atomic mass is 16.5. The summed E-state index contributed by atoms with van der Waals surface area (Å²) in [7, 11) is 0. The molecule has 0 aromatic carbocycles. The molecule has 0 aromatic heterocycles. The van der Waals surface area contributed by atoms with E-state index in [4.69, 9.17) is 4.74 Å². The maximum absolute atomic E-state index is 12.5. The Morgan fingerprint density at radius 2 is 0.618 bits per heavy atom. The number of amides is 1.